The summed E-state index contributed by atoms with van der Waals surface area (Å²) in [5.41, 5.74) is 0.416. The van der Waals surface area contributed by atoms with Crippen molar-refractivity contribution in [3.63, 3.8) is 0 Å². The monoisotopic (exact) mass is 263 g/mol. The van der Waals surface area contributed by atoms with E-state index in [9.17, 15) is 9.18 Å². The van der Waals surface area contributed by atoms with Crippen molar-refractivity contribution < 1.29 is 9.18 Å². The van der Waals surface area contributed by atoms with Crippen molar-refractivity contribution in [2.24, 2.45) is 0 Å². The summed E-state index contributed by atoms with van der Waals surface area (Å²) in [7, 11) is 0. The van der Waals surface area contributed by atoms with Crippen LogP contribution in [0, 0.1) is 5.82 Å². The fraction of sp³-hybridized carbons (Fsp3) is 0.125. The van der Waals surface area contributed by atoms with Crippen molar-refractivity contribution >= 4 is 40.2 Å². The van der Waals surface area contributed by atoms with Gasteiger partial charge in [0.2, 0.25) is 5.91 Å². The lowest BCUT2D eigenvalue weighted by atomic mass is 10.3. The second-order valence-electron chi connectivity index (χ2n) is 2.33. The molecule has 0 heterocycles. The van der Waals surface area contributed by atoms with Crippen LogP contribution in [-0.2, 0) is 4.79 Å². The van der Waals surface area contributed by atoms with Gasteiger partial charge >= 0.3 is 0 Å². The highest BCUT2D eigenvalue weighted by Crippen LogP contribution is 2.22. The van der Waals surface area contributed by atoms with Gasteiger partial charge in [-0.15, -0.1) is 0 Å². The maximum absolute atomic E-state index is 12.7. The van der Waals surface area contributed by atoms with E-state index in [2.05, 4.69) is 33.9 Å². The Kier molecular flexibility index (Phi) is 3.74. The lowest BCUT2D eigenvalue weighted by molar-refractivity contribution is -0.113. The highest BCUT2D eigenvalue weighted by atomic mass is 79.9. The Morgan fingerprint density at radius 2 is 2.31 bits per heavy atom. The Hall–Kier alpha value is -0.550. The van der Waals surface area contributed by atoms with Gasteiger partial charge in [-0.2, -0.15) is 12.6 Å². The van der Waals surface area contributed by atoms with E-state index in [1.807, 2.05) is 0 Å². The van der Waals surface area contributed by atoms with Crippen molar-refractivity contribution in [3.8, 4) is 0 Å². The van der Waals surface area contributed by atoms with Crippen molar-refractivity contribution in [1.82, 2.24) is 0 Å². The normalized spacial score (nSPS) is 9.77. The van der Waals surface area contributed by atoms with Crippen molar-refractivity contribution in [3.05, 3.63) is 28.5 Å². The molecule has 0 aliphatic rings. The molecule has 1 aromatic rings. The summed E-state index contributed by atoms with van der Waals surface area (Å²) in [5, 5.41) is 2.50. The predicted molar refractivity (Wildman–Crippen MR) is 56.6 cm³/mol. The fourth-order valence-electron chi connectivity index (χ4n) is 0.783. The Bertz CT molecular complexity index is 332. The summed E-state index contributed by atoms with van der Waals surface area (Å²) < 4.78 is 13.4. The zero-order valence-corrected chi connectivity index (χ0v) is 9.03. The highest BCUT2D eigenvalue weighted by molar-refractivity contribution is 9.10. The van der Waals surface area contributed by atoms with Crippen LogP contribution < -0.4 is 5.32 Å². The van der Waals surface area contributed by atoms with E-state index in [0.29, 0.717) is 10.2 Å². The number of hydrogen-bond acceptors (Lipinski definition) is 2. The summed E-state index contributed by atoms with van der Waals surface area (Å²) in [6.07, 6.45) is 0. The number of rotatable bonds is 2. The molecular formula is C8H7BrFNOS. The van der Waals surface area contributed by atoms with Crippen LogP contribution in [0.25, 0.3) is 0 Å². The molecule has 1 rings (SSSR count). The van der Waals surface area contributed by atoms with Gasteiger partial charge in [0.25, 0.3) is 0 Å². The number of halogens is 2. The third-order valence-corrected chi connectivity index (χ3v) is 2.32. The second kappa shape index (κ2) is 4.62. The van der Waals surface area contributed by atoms with Crippen molar-refractivity contribution in [2.75, 3.05) is 11.1 Å². The molecule has 0 fully saturated rings. The summed E-state index contributed by atoms with van der Waals surface area (Å²) in [6, 6.07) is 4.08. The largest absolute Gasteiger partial charge is 0.324 e. The molecule has 0 aromatic heterocycles. The summed E-state index contributed by atoms with van der Waals surface area (Å²) in [5.74, 6) is -0.588. The molecule has 1 N–H and O–H groups in total. The van der Waals surface area contributed by atoms with E-state index in [0.717, 1.165) is 0 Å². The average molecular weight is 264 g/mol. The van der Waals surface area contributed by atoms with Crippen LogP contribution >= 0.6 is 28.6 Å². The fourth-order valence-corrected chi connectivity index (χ4v) is 1.21. The van der Waals surface area contributed by atoms with Crippen LogP contribution in [-0.4, -0.2) is 11.7 Å². The zero-order valence-electron chi connectivity index (χ0n) is 6.55. The quantitative estimate of drug-likeness (QED) is 0.789. The predicted octanol–water partition coefficient (Wildman–Crippen LogP) is 2.46. The van der Waals surface area contributed by atoms with Gasteiger partial charge in [0.1, 0.15) is 5.82 Å². The van der Waals surface area contributed by atoms with Gasteiger partial charge in [-0.25, -0.2) is 4.39 Å². The van der Waals surface area contributed by atoms with Gasteiger partial charge in [-0.3, -0.25) is 4.79 Å². The highest BCUT2D eigenvalue weighted by Gasteiger charge is 2.04. The molecular weight excluding hydrogens is 257 g/mol. The van der Waals surface area contributed by atoms with E-state index < -0.39 is 5.82 Å². The number of anilines is 1. The van der Waals surface area contributed by atoms with Gasteiger partial charge < -0.3 is 5.32 Å². The number of carbonyl (C=O) groups excluding carboxylic acids is 1. The van der Waals surface area contributed by atoms with Crippen LogP contribution in [0.5, 0.6) is 0 Å². The smallest absolute Gasteiger partial charge is 0.234 e. The molecule has 13 heavy (non-hydrogen) atoms. The average Bonchev–Trinajstić information content (AvgIpc) is 2.11. The first-order valence-corrected chi connectivity index (χ1v) is 4.92. The van der Waals surface area contributed by atoms with Crippen molar-refractivity contribution in [1.29, 1.82) is 0 Å². The number of benzene rings is 1. The molecule has 1 aromatic carbocycles. The van der Waals surface area contributed by atoms with Gasteiger partial charge in [-0.05, 0) is 34.1 Å². The number of nitrogens with one attached hydrogen (secondary N) is 1. The molecule has 0 aliphatic heterocycles. The van der Waals surface area contributed by atoms with E-state index >= 15 is 0 Å². The number of thiol groups is 1. The van der Waals surface area contributed by atoms with E-state index in [1.165, 1.54) is 18.2 Å². The molecule has 5 heteroatoms. The minimum atomic E-state index is -0.391. The lowest BCUT2D eigenvalue weighted by Crippen LogP contribution is -2.13. The first-order chi connectivity index (χ1) is 6.13. The Balaban J connectivity index is 2.87. The maximum atomic E-state index is 12.7. The molecule has 0 spiro atoms. The van der Waals surface area contributed by atoms with E-state index in [-0.39, 0.29) is 11.7 Å². The lowest BCUT2D eigenvalue weighted by Gasteiger charge is -2.05. The SMILES string of the molecule is O=C(CS)Nc1cc(F)ccc1Br. The van der Waals surface area contributed by atoms with Gasteiger partial charge in [-0.1, -0.05) is 0 Å². The third kappa shape index (κ3) is 3.00. The summed E-state index contributed by atoms with van der Waals surface area (Å²) >= 11 is 6.97. The van der Waals surface area contributed by atoms with Crippen molar-refractivity contribution in [2.45, 2.75) is 0 Å². The maximum Gasteiger partial charge on any atom is 0.234 e. The zero-order chi connectivity index (χ0) is 9.84. The van der Waals surface area contributed by atoms with E-state index in [4.69, 9.17) is 0 Å². The first kappa shape index (κ1) is 10.5. The Morgan fingerprint density at radius 3 is 2.92 bits per heavy atom. The topological polar surface area (TPSA) is 29.1 Å². The molecule has 0 atom stereocenters. The molecule has 70 valence electrons. The summed E-state index contributed by atoms with van der Waals surface area (Å²) in [4.78, 5) is 10.9. The third-order valence-electron chi connectivity index (χ3n) is 1.35. The molecule has 2 nitrogen and oxygen atoms in total. The van der Waals surface area contributed by atoms with Crippen LogP contribution in [0.15, 0.2) is 22.7 Å². The molecule has 1 amide bonds. The minimum absolute atomic E-state index is 0.0724. The van der Waals surface area contributed by atoms with Crippen LogP contribution in [0.4, 0.5) is 10.1 Å². The Labute approximate surface area is 89.1 Å². The standard InChI is InChI=1S/C8H7BrFNOS/c9-6-2-1-5(10)3-7(6)11-8(12)4-13/h1-3,13H,4H2,(H,11,12). The second-order valence-corrected chi connectivity index (χ2v) is 3.50. The molecule has 0 saturated heterocycles. The number of amides is 1. The summed E-state index contributed by atoms with van der Waals surface area (Å²) in [6.45, 7) is 0. The first-order valence-electron chi connectivity index (χ1n) is 3.49. The van der Waals surface area contributed by atoms with Crippen LogP contribution in [0.1, 0.15) is 0 Å². The van der Waals surface area contributed by atoms with Gasteiger partial charge in [0, 0.05) is 4.47 Å². The number of carbonyl (C=O) groups is 1. The number of hydrogen-bond donors (Lipinski definition) is 2. The van der Waals surface area contributed by atoms with Gasteiger partial charge in [0.15, 0.2) is 0 Å². The van der Waals surface area contributed by atoms with E-state index in [1.54, 1.807) is 0 Å². The molecule has 0 aliphatic carbocycles. The molecule has 0 saturated carbocycles. The molecule has 0 bridgehead atoms. The van der Waals surface area contributed by atoms with Crippen LogP contribution in [0.3, 0.4) is 0 Å². The minimum Gasteiger partial charge on any atom is -0.324 e. The molecule has 0 radical (unpaired) electrons. The van der Waals surface area contributed by atoms with Crippen LogP contribution in [0.2, 0.25) is 0 Å². The molecule has 0 unspecified atom stereocenters. The van der Waals surface area contributed by atoms with Gasteiger partial charge in [0.05, 0.1) is 11.4 Å². The Morgan fingerprint density at radius 1 is 1.62 bits per heavy atom.